The first kappa shape index (κ1) is 14.4. The number of sulfonamides is 1. The molecule has 0 bridgehead atoms. The lowest BCUT2D eigenvalue weighted by Crippen LogP contribution is -2.29. The maximum atomic E-state index is 12.2. The van der Waals surface area contributed by atoms with Gasteiger partial charge in [0.25, 0.3) is 0 Å². The number of rotatable bonds is 3. The molecule has 0 spiro atoms. The molecule has 1 unspecified atom stereocenters. The third kappa shape index (κ3) is 2.98. The molecular formula is C11H17ClN2O2S. The molecule has 2 N–H and O–H groups in total. The van der Waals surface area contributed by atoms with Crippen LogP contribution in [0.25, 0.3) is 0 Å². The van der Waals surface area contributed by atoms with E-state index in [0.29, 0.717) is 30.4 Å². The van der Waals surface area contributed by atoms with Crippen LogP contribution in [0, 0.1) is 5.92 Å². The van der Waals surface area contributed by atoms with Crippen LogP contribution >= 0.6 is 12.4 Å². The molecule has 1 atom stereocenters. The van der Waals surface area contributed by atoms with Crippen LogP contribution in [0.3, 0.4) is 0 Å². The predicted octanol–water partition coefficient (Wildman–Crippen LogP) is 1.08. The van der Waals surface area contributed by atoms with Crippen molar-refractivity contribution in [1.82, 2.24) is 4.31 Å². The number of halogens is 1. The maximum Gasteiger partial charge on any atom is 0.243 e. The van der Waals surface area contributed by atoms with Gasteiger partial charge >= 0.3 is 0 Å². The average molecular weight is 277 g/mol. The van der Waals surface area contributed by atoms with Gasteiger partial charge < -0.3 is 5.73 Å². The third-order valence-corrected chi connectivity index (χ3v) is 4.84. The zero-order valence-electron chi connectivity index (χ0n) is 9.45. The highest BCUT2D eigenvalue weighted by Gasteiger charge is 2.31. The van der Waals surface area contributed by atoms with E-state index in [9.17, 15) is 8.42 Å². The lowest BCUT2D eigenvalue weighted by atomic mass is 10.1. The minimum Gasteiger partial charge on any atom is -0.330 e. The van der Waals surface area contributed by atoms with Crippen molar-refractivity contribution < 1.29 is 8.42 Å². The third-order valence-electron chi connectivity index (χ3n) is 2.96. The molecule has 1 aliphatic heterocycles. The molecule has 1 aromatic carbocycles. The fraction of sp³-hybridized carbons (Fsp3) is 0.455. The highest BCUT2D eigenvalue weighted by atomic mass is 35.5. The van der Waals surface area contributed by atoms with E-state index < -0.39 is 10.0 Å². The van der Waals surface area contributed by atoms with Crippen LogP contribution < -0.4 is 5.73 Å². The summed E-state index contributed by atoms with van der Waals surface area (Å²) in [6.07, 6.45) is 0.864. The lowest BCUT2D eigenvalue weighted by molar-refractivity contribution is 0.459. The standard InChI is InChI=1S/C11H16N2O2S.ClH/c12-8-10-6-7-13(9-10)16(14,15)11-4-2-1-3-5-11;/h1-5,10H,6-9,12H2;1H. The summed E-state index contributed by atoms with van der Waals surface area (Å²) < 4.78 is 25.9. The highest BCUT2D eigenvalue weighted by molar-refractivity contribution is 7.89. The zero-order valence-corrected chi connectivity index (χ0v) is 11.1. The Morgan fingerprint density at radius 1 is 1.29 bits per heavy atom. The van der Waals surface area contributed by atoms with Crippen molar-refractivity contribution >= 4 is 22.4 Å². The minimum atomic E-state index is -3.30. The molecule has 17 heavy (non-hydrogen) atoms. The summed E-state index contributed by atoms with van der Waals surface area (Å²) in [5.74, 6) is 0.304. The largest absolute Gasteiger partial charge is 0.330 e. The first-order valence-corrected chi connectivity index (χ1v) is 6.84. The van der Waals surface area contributed by atoms with E-state index in [0.717, 1.165) is 6.42 Å². The summed E-state index contributed by atoms with van der Waals surface area (Å²) in [6, 6.07) is 8.55. The first-order chi connectivity index (χ1) is 7.64. The zero-order chi connectivity index (χ0) is 11.6. The van der Waals surface area contributed by atoms with Crippen molar-refractivity contribution in [3.8, 4) is 0 Å². The summed E-state index contributed by atoms with van der Waals surface area (Å²) in [5, 5.41) is 0. The smallest absolute Gasteiger partial charge is 0.243 e. The second-order valence-electron chi connectivity index (χ2n) is 4.07. The van der Waals surface area contributed by atoms with Gasteiger partial charge in [0.05, 0.1) is 4.90 Å². The summed E-state index contributed by atoms with van der Waals surface area (Å²) in [7, 11) is -3.30. The topological polar surface area (TPSA) is 63.4 Å². The van der Waals surface area contributed by atoms with Crippen LogP contribution in [0.2, 0.25) is 0 Å². The Kier molecular flexibility index (Phi) is 4.94. The Bertz CT molecular complexity index is 450. The molecular weight excluding hydrogens is 260 g/mol. The van der Waals surface area contributed by atoms with Crippen LogP contribution in [0.1, 0.15) is 6.42 Å². The van der Waals surface area contributed by atoms with Crippen LogP contribution in [0.15, 0.2) is 35.2 Å². The normalized spacial score (nSPS) is 21.1. The lowest BCUT2D eigenvalue weighted by Gasteiger charge is -2.16. The van der Waals surface area contributed by atoms with Gasteiger partial charge in [-0.3, -0.25) is 0 Å². The van der Waals surface area contributed by atoms with Crippen molar-refractivity contribution in [3.63, 3.8) is 0 Å². The second kappa shape index (κ2) is 5.82. The second-order valence-corrected chi connectivity index (χ2v) is 6.00. The van der Waals surface area contributed by atoms with Crippen molar-refractivity contribution in [2.75, 3.05) is 19.6 Å². The van der Waals surface area contributed by atoms with Crippen molar-refractivity contribution in [3.05, 3.63) is 30.3 Å². The fourth-order valence-corrected chi connectivity index (χ4v) is 3.50. The summed E-state index contributed by atoms with van der Waals surface area (Å²) in [5.41, 5.74) is 5.56. The van der Waals surface area contributed by atoms with Gasteiger partial charge in [0.2, 0.25) is 10.0 Å². The molecule has 4 nitrogen and oxygen atoms in total. The van der Waals surface area contributed by atoms with Crippen molar-refractivity contribution in [2.45, 2.75) is 11.3 Å². The Morgan fingerprint density at radius 2 is 1.94 bits per heavy atom. The van der Waals surface area contributed by atoms with Gasteiger partial charge in [-0.05, 0) is 31.0 Å². The van der Waals surface area contributed by atoms with Gasteiger partial charge in [-0.25, -0.2) is 8.42 Å². The summed E-state index contributed by atoms with van der Waals surface area (Å²) in [4.78, 5) is 0.368. The summed E-state index contributed by atoms with van der Waals surface area (Å²) in [6.45, 7) is 1.69. The number of hydrogen-bond donors (Lipinski definition) is 1. The van der Waals surface area contributed by atoms with Gasteiger partial charge in [0.1, 0.15) is 0 Å². The van der Waals surface area contributed by atoms with Crippen LogP contribution in [-0.4, -0.2) is 32.4 Å². The molecule has 1 heterocycles. The number of nitrogens with two attached hydrogens (primary N) is 1. The van der Waals surface area contributed by atoms with E-state index in [4.69, 9.17) is 5.73 Å². The van der Waals surface area contributed by atoms with E-state index in [-0.39, 0.29) is 12.4 Å². The number of hydrogen-bond acceptors (Lipinski definition) is 3. The maximum absolute atomic E-state index is 12.2. The van der Waals surface area contributed by atoms with Gasteiger partial charge in [0.15, 0.2) is 0 Å². The molecule has 1 aromatic rings. The van der Waals surface area contributed by atoms with E-state index in [1.54, 1.807) is 24.3 Å². The predicted molar refractivity (Wildman–Crippen MR) is 69.6 cm³/mol. The van der Waals surface area contributed by atoms with Crippen molar-refractivity contribution in [2.24, 2.45) is 11.7 Å². The van der Waals surface area contributed by atoms with Gasteiger partial charge in [-0.1, -0.05) is 18.2 Å². The Balaban J connectivity index is 0.00000144. The molecule has 1 aliphatic rings. The molecule has 6 heteroatoms. The fourth-order valence-electron chi connectivity index (χ4n) is 1.95. The monoisotopic (exact) mass is 276 g/mol. The van der Waals surface area contributed by atoms with E-state index in [1.807, 2.05) is 6.07 Å². The highest BCUT2D eigenvalue weighted by Crippen LogP contribution is 2.23. The molecule has 1 saturated heterocycles. The van der Waals surface area contributed by atoms with E-state index >= 15 is 0 Å². The van der Waals surface area contributed by atoms with Crippen LogP contribution in [0.5, 0.6) is 0 Å². The van der Waals surface area contributed by atoms with Gasteiger partial charge in [-0.2, -0.15) is 4.31 Å². The molecule has 96 valence electrons. The molecule has 0 amide bonds. The molecule has 0 radical (unpaired) electrons. The van der Waals surface area contributed by atoms with Gasteiger partial charge in [0, 0.05) is 13.1 Å². The number of nitrogens with zero attached hydrogens (tertiary/aromatic N) is 1. The first-order valence-electron chi connectivity index (χ1n) is 5.40. The van der Waals surface area contributed by atoms with E-state index in [1.165, 1.54) is 4.31 Å². The molecule has 2 rings (SSSR count). The Labute approximate surface area is 108 Å². The molecule has 0 aliphatic carbocycles. The summed E-state index contributed by atoms with van der Waals surface area (Å²) >= 11 is 0. The number of benzene rings is 1. The minimum absolute atomic E-state index is 0. The van der Waals surface area contributed by atoms with Gasteiger partial charge in [-0.15, -0.1) is 12.4 Å². The van der Waals surface area contributed by atoms with Crippen molar-refractivity contribution in [1.29, 1.82) is 0 Å². The van der Waals surface area contributed by atoms with Crippen LogP contribution in [-0.2, 0) is 10.0 Å². The SMILES string of the molecule is Cl.NCC1CCN(S(=O)(=O)c2ccccc2)C1. The molecule has 1 fully saturated rings. The van der Waals surface area contributed by atoms with Crippen LogP contribution in [0.4, 0.5) is 0 Å². The quantitative estimate of drug-likeness (QED) is 0.898. The van der Waals surface area contributed by atoms with E-state index in [2.05, 4.69) is 0 Å². The Hall–Kier alpha value is -0.620. The average Bonchev–Trinajstić information content (AvgIpc) is 2.79. The molecule has 0 aromatic heterocycles. The Morgan fingerprint density at radius 3 is 2.47 bits per heavy atom. The molecule has 0 saturated carbocycles.